The summed E-state index contributed by atoms with van der Waals surface area (Å²) < 4.78 is 17.0. The number of hydrogen-bond donors (Lipinski definition) is 1. The van der Waals surface area contributed by atoms with E-state index < -0.39 is 8.80 Å². The molecule has 1 heterocycles. The highest BCUT2D eigenvalue weighted by Crippen LogP contribution is 2.17. The Kier molecular flexibility index (Phi) is 12.6. The van der Waals surface area contributed by atoms with E-state index in [1.807, 2.05) is 43.7 Å². The smallest absolute Gasteiger partial charge is 0.374 e. The van der Waals surface area contributed by atoms with Gasteiger partial charge in [0.05, 0.1) is 0 Å². The third-order valence-corrected chi connectivity index (χ3v) is 5.99. The van der Waals surface area contributed by atoms with Gasteiger partial charge >= 0.3 is 8.80 Å². The van der Waals surface area contributed by atoms with Crippen LogP contribution in [0.1, 0.15) is 27.2 Å². The van der Waals surface area contributed by atoms with E-state index in [2.05, 4.69) is 0 Å². The second-order valence-corrected chi connectivity index (χ2v) is 7.22. The fourth-order valence-corrected chi connectivity index (χ4v) is 4.64. The molecule has 0 spiro atoms. The van der Waals surface area contributed by atoms with Crippen molar-refractivity contribution in [3.63, 3.8) is 0 Å². The number of rotatable bonds is 9. The van der Waals surface area contributed by atoms with Crippen molar-refractivity contribution in [3.8, 4) is 0 Å². The molecule has 0 aromatic carbocycles. The molecule has 0 bridgehead atoms. The lowest BCUT2D eigenvalue weighted by atomic mass is 10.5. The monoisotopic (exact) mass is 305 g/mol. The predicted octanol–water partition coefficient (Wildman–Crippen LogP) is 3.13. The van der Waals surface area contributed by atoms with E-state index in [0.29, 0.717) is 26.4 Å². The van der Waals surface area contributed by atoms with Crippen molar-refractivity contribution in [1.82, 2.24) is 0 Å². The normalized spacial score (nSPS) is 10.9. The van der Waals surface area contributed by atoms with Gasteiger partial charge < -0.3 is 19.0 Å². The molecule has 0 amide bonds. The van der Waals surface area contributed by atoms with E-state index in [4.69, 9.17) is 19.0 Å². The Morgan fingerprint density at radius 3 is 1.68 bits per heavy atom. The van der Waals surface area contributed by atoms with Gasteiger partial charge in [0.1, 0.15) is 0 Å². The third kappa shape index (κ3) is 9.31. The van der Waals surface area contributed by atoms with Crippen LogP contribution in [0.25, 0.3) is 0 Å². The first-order valence-corrected chi connectivity index (χ1v) is 9.71. The lowest BCUT2D eigenvalue weighted by molar-refractivity contribution is 0.0710. The molecule has 6 heteroatoms. The molecule has 0 saturated heterocycles. The van der Waals surface area contributed by atoms with Crippen LogP contribution >= 0.6 is 11.3 Å². The molecule has 4 nitrogen and oxygen atoms in total. The van der Waals surface area contributed by atoms with E-state index in [9.17, 15) is 0 Å². The molecule has 0 aliphatic carbocycles. The van der Waals surface area contributed by atoms with E-state index in [1.54, 1.807) is 11.3 Å². The second-order valence-electron chi connectivity index (χ2n) is 3.67. The van der Waals surface area contributed by atoms with E-state index in [0.717, 1.165) is 12.5 Å². The molecule has 19 heavy (non-hydrogen) atoms. The molecule has 0 fully saturated rings. The fraction of sp³-hybridized carbons (Fsp3) is 0.692. The summed E-state index contributed by atoms with van der Waals surface area (Å²) >= 11 is 1.71. The SMILES string of the molecule is CCO[Si](CCCN)(OCC)OCC.c1ccsc1. The Balaban J connectivity index is 0.000000532. The van der Waals surface area contributed by atoms with Crippen molar-refractivity contribution in [1.29, 1.82) is 0 Å². The molecule has 0 unspecified atom stereocenters. The quantitative estimate of drug-likeness (QED) is 0.712. The Morgan fingerprint density at radius 1 is 0.947 bits per heavy atom. The van der Waals surface area contributed by atoms with Crippen LogP contribution in [0.3, 0.4) is 0 Å². The van der Waals surface area contributed by atoms with Crippen LogP contribution in [0.15, 0.2) is 22.9 Å². The summed E-state index contributed by atoms with van der Waals surface area (Å²) in [5.41, 5.74) is 5.48. The largest absolute Gasteiger partial charge is 0.500 e. The summed E-state index contributed by atoms with van der Waals surface area (Å²) in [4.78, 5) is 0. The molecule has 0 radical (unpaired) electrons. The average Bonchev–Trinajstić information content (AvgIpc) is 2.96. The summed E-state index contributed by atoms with van der Waals surface area (Å²) in [5.74, 6) is 0. The van der Waals surface area contributed by atoms with Crippen molar-refractivity contribution in [3.05, 3.63) is 22.9 Å². The molecule has 112 valence electrons. The lowest BCUT2D eigenvalue weighted by Gasteiger charge is -2.28. The lowest BCUT2D eigenvalue weighted by Crippen LogP contribution is -2.46. The first-order chi connectivity index (χ1) is 9.24. The zero-order valence-corrected chi connectivity index (χ0v) is 14.1. The van der Waals surface area contributed by atoms with Crippen molar-refractivity contribution in [2.24, 2.45) is 5.73 Å². The van der Waals surface area contributed by atoms with Crippen LogP contribution < -0.4 is 5.73 Å². The van der Waals surface area contributed by atoms with Crippen molar-refractivity contribution in [2.45, 2.75) is 33.2 Å². The van der Waals surface area contributed by atoms with Crippen molar-refractivity contribution in [2.75, 3.05) is 26.4 Å². The fourth-order valence-electron chi connectivity index (χ4n) is 1.55. The van der Waals surface area contributed by atoms with Gasteiger partial charge in [-0.15, -0.1) is 0 Å². The number of nitrogens with two attached hydrogens (primary N) is 1. The Bertz CT molecular complexity index is 239. The van der Waals surface area contributed by atoms with Gasteiger partial charge in [-0.3, -0.25) is 0 Å². The summed E-state index contributed by atoms with van der Waals surface area (Å²) in [5, 5.41) is 4.08. The van der Waals surface area contributed by atoms with Gasteiger partial charge in [0.2, 0.25) is 0 Å². The van der Waals surface area contributed by atoms with Crippen LogP contribution in [0.2, 0.25) is 6.04 Å². The molecule has 1 aromatic rings. The Labute approximate surface area is 122 Å². The highest BCUT2D eigenvalue weighted by Gasteiger charge is 2.39. The minimum absolute atomic E-state index is 0.636. The zero-order chi connectivity index (χ0) is 14.4. The maximum absolute atomic E-state index is 5.65. The van der Waals surface area contributed by atoms with Crippen LogP contribution in [0.4, 0.5) is 0 Å². The molecular formula is C13H27NO3SSi. The second kappa shape index (κ2) is 12.8. The summed E-state index contributed by atoms with van der Waals surface area (Å²) in [6.07, 6.45) is 0.895. The van der Waals surface area contributed by atoms with Crippen LogP contribution in [0.5, 0.6) is 0 Å². The van der Waals surface area contributed by atoms with Crippen molar-refractivity contribution >= 4 is 20.1 Å². The maximum atomic E-state index is 5.65. The first kappa shape index (κ1) is 18.8. The average molecular weight is 306 g/mol. The summed E-state index contributed by atoms with van der Waals surface area (Å²) in [6.45, 7) is 8.44. The molecule has 1 aromatic heterocycles. The standard InChI is InChI=1S/C9H23NO3Si.C4H4S/c1-4-11-14(12-5-2,13-6-3)9-7-8-10;1-2-4-5-3-1/h4-10H2,1-3H3;1-4H. The molecule has 1 rings (SSSR count). The minimum Gasteiger partial charge on any atom is -0.374 e. The van der Waals surface area contributed by atoms with Gasteiger partial charge in [-0.05, 0) is 44.5 Å². The molecule has 0 aliphatic heterocycles. The predicted molar refractivity (Wildman–Crippen MR) is 83.4 cm³/mol. The van der Waals surface area contributed by atoms with Gasteiger partial charge in [-0.1, -0.05) is 12.1 Å². The highest BCUT2D eigenvalue weighted by atomic mass is 32.1. The van der Waals surface area contributed by atoms with Gasteiger partial charge in [0.25, 0.3) is 0 Å². The van der Waals surface area contributed by atoms with E-state index in [1.165, 1.54) is 0 Å². The molecule has 0 atom stereocenters. The van der Waals surface area contributed by atoms with Crippen LogP contribution in [-0.2, 0) is 13.3 Å². The van der Waals surface area contributed by atoms with Gasteiger partial charge in [-0.25, -0.2) is 0 Å². The third-order valence-electron chi connectivity index (χ3n) is 2.21. The van der Waals surface area contributed by atoms with E-state index in [-0.39, 0.29) is 0 Å². The topological polar surface area (TPSA) is 53.7 Å². The summed E-state index contributed by atoms with van der Waals surface area (Å²) in [6, 6.07) is 4.86. The molecular weight excluding hydrogens is 278 g/mol. The van der Waals surface area contributed by atoms with Gasteiger partial charge in [0.15, 0.2) is 0 Å². The van der Waals surface area contributed by atoms with Crippen LogP contribution in [0, 0.1) is 0 Å². The molecule has 2 N–H and O–H groups in total. The van der Waals surface area contributed by atoms with E-state index >= 15 is 0 Å². The van der Waals surface area contributed by atoms with Gasteiger partial charge in [0, 0.05) is 25.9 Å². The number of hydrogen-bond acceptors (Lipinski definition) is 5. The highest BCUT2D eigenvalue weighted by molar-refractivity contribution is 7.07. The van der Waals surface area contributed by atoms with Gasteiger partial charge in [-0.2, -0.15) is 11.3 Å². The van der Waals surface area contributed by atoms with Crippen molar-refractivity contribution < 1.29 is 13.3 Å². The minimum atomic E-state index is -2.40. The Hall–Kier alpha value is -0.243. The molecule has 0 aliphatic rings. The summed E-state index contributed by atoms with van der Waals surface area (Å²) in [7, 11) is -2.40. The maximum Gasteiger partial charge on any atom is 0.500 e. The van der Waals surface area contributed by atoms with Crippen LogP contribution in [-0.4, -0.2) is 35.2 Å². The Morgan fingerprint density at radius 2 is 1.42 bits per heavy atom. The molecule has 0 saturated carbocycles. The number of thiophene rings is 1. The first-order valence-electron chi connectivity index (χ1n) is 6.83. The zero-order valence-electron chi connectivity index (χ0n) is 12.3.